The molecular weight excluding hydrogens is 266 g/mol. The lowest BCUT2D eigenvalue weighted by molar-refractivity contribution is 0.224. The van der Waals surface area contributed by atoms with Crippen LogP contribution < -0.4 is 14.8 Å². The van der Waals surface area contributed by atoms with Gasteiger partial charge in [-0.15, -0.1) is 0 Å². The first-order valence-corrected chi connectivity index (χ1v) is 7.10. The second-order valence-electron chi connectivity index (χ2n) is 4.86. The van der Waals surface area contributed by atoms with Crippen molar-refractivity contribution in [1.82, 2.24) is 9.97 Å². The summed E-state index contributed by atoms with van der Waals surface area (Å²) in [4.78, 5) is 7.99. The van der Waals surface area contributed by atoms with Gasteiger partial charge < -0.3 is 14.8 Å². The highest BCUT2D eigenvalue weighted by Crippen LogP contribution is 2.31. The summed E-state index contributed by atoms with van der Waals surface area (Å²) in [5, 5.41) is 3.33. The summed E-state index contributed by atoms with van der Waals surface area (Å²) >= 11 is 0. The summed E-state index contributed by atoms with van der Waals surface area (Å²) in [5.41, 5.74) is 2.00. The maximum absolute atomic E-state index is 5.80. The number of anilines is 1. The molecule has 0 aliphatic carbocycles. The van der Waals surface area contributed by atoms with Gasteiger partial charge in [0.2, 0.25) is 0 Å². The molecule has 1 heterocycles. The van der Waals surface area contributed by atoms with Crippen molar-refractivity contribution in [2.45, 2.75) is 33.4 Å². The molecule has 5 heteroatoms. The molecule has 2 aromatic rings. The lowest BCUT2D eigenvalue weighted by Crippen LogP contribution is -2.08. The standard InChI is InChI=1S/C16H21N3O2/c1-4-20-15-6-5-14(7-16(15)21-12(2)3)19-10-13-8-17-11-18-9-13/h5-9,11-12,19H,4,10H2,1-3H3. The number of aromatic nitrogens is 2. The number of hydrogen-bond donors (Lipinski definition) is 1. The lowest BCUT2D eigenvalue weighted by atomic mass is 10.2. The first kappa shape index (κ1) is 15.1. The average molecular weight is 287 g/mol. The zero-order valence-corrected chi connectivity index (χ0v) is 12.7. The minimum atomic E-state index is 0.0991. The number of nitrogens with one attached hydrogen (secondary N) is 1. The van der Waals surface area contributed by atoms with Crippen LogP contribution in [0.2, 0.25) is 0 Å². The summed E-state index contributed by atoms with van der Waals surface area (Å²) in [7, 11) is 0. The Morgan fingerprint density at radius 2 is 1.90 bits per heavy atom. The molecule has 1 aromatic heterocycles. The molecule has 0 saturated heterocycles. The summed E-state index contributed by atoms with van der Waals surface area (Å²) in [6, 6.07) is 5.85. The van der Waals surface area contributed by atoms with E-state index in [2.05, 4.69) is 15.3 Å². The summed E-state index contributed by atoms with van der Waals surface area (Å²) < 4.78 is 11.4. The number of rotatable bonds is 7. The molecule has 1 aromatic carbocycles. The summed E-state index contributed by atoms with van der Waals surface area (Å²) in [6.45, 7) is 7.23. The Bertz CT molecular complexity index is 559. The van der Waals surface area contributed by atoms with Crippen molar-refractivity contribution in [3.05, 3.63) is 42.5 Å². The highest BCUT2D eigenvalue weighted by Gasteiger charge is 2.08. The molecule has 1 N–H and O–H groups in total. The molecule has 2 rings (SSSR count). The van der Waals surface area contributed by atoms with Crippen molar-refractivity contribution in [1.29, 1.82) is 0 Å². The van der Waals surface area contributed by atoms with Gasteiger partial charge in [0.15, 0.2) is 11.5 Å². The SMILES string of the molecule is CCOc1ccc(NCc2cncnc2)cc1OC(C)C. The van der Waals surface area contributed by atoms with Crippen molar-refractivity contribution < 1.29 is 9.47 Å². The Morgan fingerprint density at radius 1 is 1.14 bits per heavy atom. The Hall–Kier alpha value is -2.30. The van der Waals surface area contributed by atoms with Crippen molar-refractivity contribution >= 4 is 5.69 Å². The zero-order chi connectivity index (χ0) is 15.1. The maximum atomic E-state index is 5.80. The monoisotopic (exact) mass is 287 g/mol. The van der Waals surface area contributed by atoms with Crippen LogP contribution >= 0.6 is 0 Å². The number of ether oxygens (including phenoxy) is 2. The van der Waals surface area contributed by atoms with E-state index in [1.807, 2.05) is 39.0 Å². The van der Waals surface area contributed by atoms with E-state index >= 15 is 0 Å². The number of benzene rings is 1. The first-order valence-electron chi connectivity index (χ1n) is 7.10. The van der Waals surface area contributed by atoms with Crippen LogP contribution in [0.4, 0.5) is 5.69 Å². The number of hydrogen-bond acceptors (Lipinski definition) is 5. The van der Waals surface area contributed by atoms with E-state index in [0.29, 0.717) is 13.2 Å². The van der Waals surface area contributed by atoms with Gasteiger partial charge in [0.1, 0.15) is 6.33 Å². The lowest BCUT2D eigenvalue weighted by Gasteiger charge is -2.16. The Morgan fingerprint density at radius 3 is 2.57 bits per heavy atom. The third kappa shape index (κ3) is 4.63. The maximum Gasteiger partial charge on any atom is 0.163 e. The molecule has 0 radical (unpaired) electrons. The second kappa shape index (κ2) is 7.47. The molecule has 0 unspecified atom stereocenters. The molecule has 0 fully saturated rings. The van der Waals surface area contributed by atoms with E-state index in [9.17, 15) is 0 Å². The summed E-state index contributed by atoms with van der Waals surface area (Å²) in [5.74, 6) is 1.51. The average Bonchev–Trinajstić information content (AvgIpc) is 2.48. The molecule has 0 saturated carbocycles. The van der Waals surface area contributed by atoms with Crippen molar-refractivity contribution in [3.8, 4) is 11.5 Å². The minimum Gasteiger partial charge on any atom is -0.490 e. The largest absolute Gasteiger partial charge is 0.490 e. The molecule has 0 atom stereocenters. The fourth-order valence-electron chi connectivity index (χ4n) is 1.86. The molecular formula is C16H21N3O2. The van der Waals surface area contributed by atoms with Gasteiger partial charge in [0, 0.05) is 36.3 Å². The van der Waals surface area contributed by atoms with Gasteiger partial charge >= 0.3 is 0 Å². The highest BCUT2D eigenvalue weighted by atomic mass is 16.5. The van der Waals surface area contributed by atoms with Crippen LogP contribution in [0.5, 0.6) is 11.5 Å². The van der Waals surface area contributed by atoms with E-state index in [4.69, 9.17) is 9.47 Å². The van der Waals surface area contributed by atoms with E-state index in [-0.39, 0.29) is 6.10 Å². The molecule has 112 valence electrons. The van der Waals surface area contributed by atoms with Gasteiger partial charge in [-0.2, -0.15) is 0 Å². The fourth-order valence-corrected chi connectivity index (χ4v) is 1.86. The molecule has 21 heavy (non-hydrogen) atoms. The van der Waals surface area contributed by atoms with Gasteiger partial charge in [-0.3, -0.25) is 0 Å². The third-order valence-corrected chi connectivity index (χ3v) is 2.72. The predicted octanol–water partition coefficient (Wildman–Crippen LogP) is 3.27. The van der Waals surface area contributed by atoms with E-state index in [0.717, 1.165) is 22.7 Å². The Balaban J connectivity index is 2.09. The molecule has 5 nitrogen and oxygen atoms in total. The van der Waals surface area contributed by atoms with Crippen LogP contribution in [-0.4, -0.2) is 22.7 Å². The number of nitrogens with zero attached hydrogens (tertiary/aromatic N) is 2. The van der Waals surface area contributed by atoms with Crippen LogP contribution in [0, 0.1) is 0 Å². The topological polar surface area (TPSA) is 56.3 Å². The Kier molecular flexibility index (Phi) is 5.37. The van der Waals surface area contributed by atoms with Gasteiger partial charge in [-0.05, 0) is 32.9 Å². The van der Waals surface area contributed by atoms with Gasteiger partial charge in [0.05, 0.1) is 12.7 Å². The predicted molar refractivity (Wildman–Crippen MR) is 82.7 cm³/mol. The van der Waals surface area contributed by atoms with Crippen LogP contribution in [0.1, 0.15) is 26.3 Å². The molecule has 0 bridgehead atoms. The quantitative estimate of drug-likeness (QED) is 0.847. The van der Waals surface area contributed by atoms with E-state index in [1.165, 1.54) is 6.33 Å². The van der Waals surface area contributed by atoms with Crippen LogP contribution in [0.15, 0.2) is 36.9 Å². The normalized spacial score (nSPS) is 10.5. The second-order valence-corrected chi connectivity index (χ2v) is 4.86. The van der Waals surface area contributed by atoms with Crippen molar-refractivity contribution in [2.75, 3.05) is 11.9 Å². The minimum absolute atomic E-state index is 0.0991. The van der Waals surface area contributed by atoms with Gasteiger partial charge in [-0.1, -0.05) is 0 Å². The molecule has 0 spiro atoms. The van der Waals surface area contributed by atoms with Crippen LogP contribution in [0.3, 0.4) is 0 Å². The van der Waals surface area contributed by atoms with E-state index < -0.39 is 0 Å². The van der Waals surface area contributed by atoms with Crippen LogP contribution in [-0.2, 0) is 6.54 Å². The molecule has 0 amide bonds. The smallest absolute Gasteiger partial charge is 0.163 e. The van der Waals surface area contributed by atoms with Crippen molar-refractivity contribution in [2.24, 2.45) is 0 Å². The Labute approximate surface area is 125 Å². The third-order valence-electron chi connectivity index (χ3n) is 2.72. The summed E-state index contributed by atoms with van der Waals surface area (Å²) in [6.07, 6.45) is 5.21. The first-order chi connectivity index (χ1) is 10.2. The van der Waals surface area contributed by atoms with Gasteiger partial charge in [-0.25, -0.2) is 9.97 Å². The zero-order valence-electron chi connectivity index (χ0n) is 12.7. The molecule has 0 aliphatic rings. The fraction of sp³-hybridized carbons (Fsp3) is 0.375. The van der Waals surface area contributed by atoms with Crippen molar-refractivity contribution in [3.63, 3.8) is 0 Å². The van der Waals surface area contributed by atoms with E-state index in [1.54, 1.807) is 12.4 Å². The van der Waals surface area contributed by atoms with Crippen LogP contribution in [0.25, 0.3) is 0 Å². The highest BCUT2D eigenvalue weighted by molar-refractivity contribution is 5.55. The van der Waals surface area contributed by atoms with Gasteiger partial charge in [0.25, 0.3) is 0 Å². The molecule has 0 aliphatic heterocycles.